The lowest BCUT2D eigenvalue weighted by atomic mass is 10.0. The van der Waals surface area contributed by atoms with Gasteiger partial charge in [-0.2, -0.15) is 0 Å². The predicted molar refractivity (Wildman–Crippen MR) is 79.8 cm³/mol. The molecule has 3 rings (SSSR count). The Bertz CT molecular complexity index is 604. The molecule has 0 aliphatic carbocycles. The van der Waals surface area contributed by atoms with E-state index in [1.807, 2.05) is 18.2 Å². The quantitative estimate of drug-likeness (QED) is 0.853. The number of hydrogen-bond donors (Lipinski definition) is 1. The molecule has 106 valence electrons. The van der Waals surface area contributed by atoms with Crippen LogP contribution in [0.15, 0.2) is 30.6 Å². The van der Waals surface area contributed by atoms with Gasteiger partial charge in [0.1, 0.15) is 11.9 Å². The molecule has 2 N–H and O–H groups in total. The van der Waals surface area contributed by atoms with Crippen LogP contribution in [0.25, 0.3) is 10.8 Å². The lowest BCUT2D eigenvalue weighted by Crippen LogP contribution is -2.35. The largest absolute Gasteiger partial charge is 0.490 e. The van der Waals surface area contributed by atoms with Gasteiger partial charge in [-0.3, -0.25) is 4.98 Å². The summed E-state index contributed by atoms with van der Waals surface area (Å²) in [5, 5.41) is 1.96. The van der Waals surface area contributed by atoms with Crippen LogP contribution in [-0.2, 0) is 4.74 Å². The first-order chi connectivity index (χ1) is 9.63. The van der Waals surface area contributed by atoms with Crippen molar-refractivity contribution >= 4 is 16.5 Å². The smallest absolute Gasteiger partial charge is 0.127 e. The van der Waals surface area contributed by atoms with Gasteiger partial charge in [-0.05, 0) is 32.0 Å². The molecule has 20 heavy (non-hydrogen) atoms. The van der Waals surface area contributed by atoms with Crippen LogP contribution in [0.1, 0.15) is 26.7 Å². The van der Waals surface area contributed by atoms with Crippen molar-refractivity contribution in [3.8, 4) is 5.75 Å². The molecule has 0 bridgehead atoms. The molecule has 0 spiro atoms. The molecule has 2 atom stereocenters. The van der Waals surface area contributed by atoms with Crippen molar-refractivity contribution in [3.05, 3.63) is 30.6 Å². The number of fused-ring (bicyclic) bond motifs is 1. The normalized spacial score (nSPS) is 26.6. The standard InChI is InChI=1S/C16H20N2O2/c1-10-7-12(8-11(2)19-10)20-16-4-3-15(17)14-9-18-6-5-13(14)16/h3-6,9-12H,7-8,17H2,1-2H3. The third-order valence-corrected chi connectivity index (χ3v) is 3.76. The van der Waals surface area contributed by atoms with Crippen molar-refractivity contribution in [1.82, 2.24) is 4.98 Å². The van der Waals surface area contributed by atoms with Crippen LogP contribution in [0.5, 0.6) is 5.75 Å². The van der Waals surface area contributed by atoms with Crippen LogP contribution in [0.3, 0.4) is 0 Å². The molecule has 2 unspecified atom stereocenters. The van der Waals surface area contributed by atoms with E-state index >= 15 is 0 Å². The number of pyridine rings is 1. The van der Waals surface area contributed by atoms with Crippen molar-refractivity contribution in [2.45, 2.75) is 45.0 Å². The monoisotopic (exact) mass is 272 g/mol. The zero-order valence-corrected chi connectivity index (χ0v) is 11.9. The Labute approximate surface area is 118 Å². The van der Waals surface area contributed by atoms with Crippen LogP contribution >= 0.6 is 0 Å². The van der Waals surface area contributed by atoms with E-state index in [0.717, 1.165) is 35.1 Å². The number of rotatable bonds is 2. The van der Waals surface area contributed by atoms with E-state index in [-0.39, 0.29) is 18.3 Å². The van der Waals surface area contributed by atoms with Crippen LogP contribution in [0, 0.1) is 0 Å². The Hall–Kier alpha value is -1.81. The minimum Gasteiger partial charge on any atom is -0.490 e. The summed E-state index contributed by atoms with van der Waals surface area (Å²) in [6.07, 6.45) is 6.06. The molecular formula is C16H20N2O2. The highest BCUT2D eigenvalue weighted by Crippen LogP contribution is 2.32. The zero-order valence-electron chi connectivity index (χ0n) is 11.9. The summed E-state index contributed by atoms with van der Waals surface area (Å²) in [5.41, 5.74) is 6.72. The van der Waals surface area contributed by atoms with Crippen LogP contribution in [0.2, 0.25) is 0 Å². The number of nitrogens with zero attached hydrogens (tertiary/aromatic N) is 1. The third kappa shape index (κ3) is 2.56. The van der Waals surface area contributed by atoms with Gasteiger partial charge in [0, 0.05) is 41.7 Å². The maximum absolute atomic E-state index is 6.20. The van der Waals surface area contributed by atoms with Crippen LogP contribution < -0.4 is 10.5 Å². The number of benzene rings is 1. The van der Waals surface area contributed by atoms with E-state index in [0.29, 0.717) is 0 Å². The summed E-state index contributed by atoms with van der Waals surface area (Å²) in [6.45, 7) is 4.19. The highest BCUT2D eigenvalue weighted by molar-refractivity contribution is 5.96. The summed E-state index contributed by atoms with van der Waals surface area (Å²) in [5.74, 6) is 0.878. The molecule has 1 aromatic heterocycles. The Morgan fingerprint density at radius 3 is 2.65 bits per heavy atom. The summed E-state index contributed by atoms with van der Waals surface area (Å²) >= 11 is 0. The van der Waals surface area contributed by atoms with Gasteiger partial charge in [0.05, 0.1) is 12.2 Å². The fourth-order valence-corrected chi connectivity index (χ4v) is 2.91. The second-order valence-corrected chi connectivity index (χ2v) is 5.54. The van der Waals surface area contributed by atoms with Crippen LogP contribution in [0.4, 0.5) is 5.69 Å². The molecule has 2 aromatic rings. The van der Waals surface area contributed by atoms with Crippen LogP contribution in [-0.4, -0.2) is 23.3 Å². The van der Waals surface area contributed by atoms with Gasteiger partial charge >= 0.3 is 0 Å². The molecular weight excluding hydrogens is 252 g/mol. The molecule has 1 aliphatic heterocycles. The lowest BCUT2D eigenvalue weighted by molar-refractivity contribution is -0.0718. The van der Waals surface area contributed by atoms with Crippen molar-refractivity contribution in [3.63, 3.8) is 0 Å². The fourth-order valence-electron chi connectivity index (χ4n) is 2.91. The molecule has 2 heterocycles. The second-order valence-electron chi connectivity index (χ2n) is 5.54. The second kappa shape index (κ2) is 5.29. The Kier molecular flexibility index (Phi) is 3.49. The summed E-state index contributed by atoms with van der Waals surface area (Å²) < 4.78 is 12.0. The minimum atomic E-state index is 0.189. The van der Waals surface area contributed by atoms with E-state index in [1.165, 1.54) is 0 Å². The minimum absolute atomic E-state index is 0.189. The summed E-state index contributed by atoms with van der Waals surface area (Å²) in [4.78, 5) is 4.13. The van der Waals surface area contributed by atoms with Gasteiger partial charge in [0.25, 0.3) is 0 Å². The highest BCUT2D eigenvalue weighted by atomic mass is 16.5. The van der Waals surface area contributed by atoms with Gasteiger partial charge in [-0.15, -0.1) is 0 Å². The summed E-state index contributed by atoms with van der Waals surface area (Å²) in [6, 6.07) is 5.78. The van der Waals surface area contributed by atoms with Crippen molar-refractivity contribution in [1.29, 1.82) is 0 Å². The maximum atomic E-state index is 6.20. The SMILES string of the molecule is CC1CC(Oc2ccc(N)c3cnccc23)CC(C)O1. The molecule has 4 heteroatoms. The van der Waals surface area contributed by atoms with Gasteiger partial charge in [0.2, 0.25) is 0 Å². The van der Waals surface area contributed by atoms with Gasteiger partial charge in [0.15, 0.2) is 0 Å². The topological polar surface area (TPSA) is 57.4 Å². The third-order valence-electron chi connectivity index (χ3n) is 3.76. The van der Waals surface area contributed by atoms with Crippen molar-refractivity contribution in [2.75, 3.05) is 5.73 Å². The average molecular weight is 272 g/mol. The molecule has 0 radical (unpaired) electrons. The predicted octanol–water partition coefficient (Wildman–Crippen LogP) is 3.15. The molecule has 4 nitrogen and oxygen atoms in total. The van der Waals surface area contributed by atoms with Gasteiger partial charge in [-0.25, -0.2) is 0 Å². The van der Waals surface area contributed by atoms with E-state index in [1.54, 1.807) is 12.4 Å². The number of hydrogen-bond acceptors (Lipinski definition) is 4. The number of nitrogen functional groups attached to an aromatic ring is 1. The molecule has 1 aliphatic rings. The lowest BCUT2D eigenvalue weighted by Gasteiger charge is -2.32. The molecule has 1 saturated heterocycles. The zero-order chi connectivity index (χ0) is 14.1. The molecule has 0 saturated carbocycles. The van der Waals surface area contributed by atoms with E-state index in [9.17, 15) is 0 Å². The highest BCUT2D eigenvalue weighted by Gasteiger charge is 2.26. The molecule has 0 amide bonds. The summed E-state index contributed by atoms with van der Waals surface area (Å²) in [7, 11) is 0. The maximum Gasteiger partial charge on any atom is 0.127 e. The first kappa shape index (κ1) is 13.2. The van der Waals surface area contributed by atoms with Crippen molar-refractivity contribution < 1.29 is 9.47 Å². The number of nitrogens with two attached hydrogens (primary N) is 1. The fraction of sp³-hybridized carbons (Fsp3) is 0.438. The first-order valence-corrected chi connectivity index (χ1v) is 7.08. The first-order valence-electron chi connectivity index (χ1n) is 7.08. The Balaban J connectivity index is 1.89. The molecule has 1 fully saturated rings. The van der Waals surface area contributed by atoms with E-state index in [4.69, 9.17) is 15.2 Å². The Morgan fingerprint density at radius 2 is 1.90 bits per heavy atom. The van der Waals surface area contributed by atoms with Gasteiger partial charge in [-0.1, -0.05) is 0 Å². The Morgan fingerprint density at radius 1 is 1.15 bits per heavy atom. The number of aromatic nitrogens is 1. The van der Waals surface area contributed by atoms with Crippen molar-refractivity contribution in [2.24, 2.45) is 0 Å². The van der Waals surface area contributed by atoms with E-state index < -0.39 is 0 Å². The van der Waals surface area contributed by atoms with E-state index in [2.05, 4.69) is 18.8 Å². The number of anilines is 1. The van der Waals surface area contributed by atoms with Gasteiger partial charge < -0.3 is 15.2 Å². The number of ether oxygens (including phenoxy) is 2. The average Bonchev–Trinajstić information content (AvgIpc) is 2.41. The molecule has 1 aromatic carbocycles.